The van der Waals surface area contributed by atoms with E-state index in [2.05, 4.69) is 0 Å². The van der Waals surface area contributed by atoms with Crippen LogP contribution in [0.1, 0.15) is 58.7 Å². The van der Waals surface area contributed by atoms with Crippen molar-refractivity contribution in [3.05, 3.63) is 128 Å². The van der Waals surface area contributed by atoms with Gasteiger partial charge in [-0.05, 0) is 89.0 Å². The van der Waals surface area contributed by atoms with Gasteiger partial charge in [0.1, 0.15) is 72.0 Å². The normalized spacial score (nSPS) is 32.5. The molecule has 0 spiro atoms. The van der Waals surface area contributed by atoms with Crippen LogP contribution in [0.15, 0.2) is 84.9 Å². The summed E-state index contributed by atoms with van der Waals surface area (Å²) in [6.07, 6.45) is -9.72. The molecule has 3 heterocycles. The average molecular weight is 898 g/mol. The van der Waals surface area contributed by atoms with Crippen LogP contribution in [0.4, 0.5) is 0 Å². The molecule has 3 saturated heterocycles. The van der Waals surface area contributed by atoms with Gasteiger partial charge in [0.2, 0.25) is 0 Å². The zero-order valence-corrected chi connectivity index (χ0v) is 35.6. The molecule has 13 nitrogen and oxygen atoms in total. The Kier molecular flexibility index (Phi) is 14.4. The fourth-order valence-corrected chi connectivity index (χ4v) is 9.31. The van der Waals surface area contributed by atoms with Crippen molar-refractivity contribution in [2.24, 2.45) is 5.92 Å². The molecule has 0 amide bonds. The second kappa shape index (κ2) is 19.8. The van der Waals surface area contributed by atoms with E-state index in [1.165, 1.54) is 0 Å². The number of rotatable bonds is 14. The second-order valence-corrected chi connectivity index (χ2v) is 17.7. The van der Waals surface area contributed by atoms with Crippen LogP contribution in [-0.2, 0) is 37.4 Å². The van der Waals surface area contributed by atoms with Crippen LogP contribution >= 0.6 is 23.2 Å². The Balaban J connectivity index is 1.02. The van der Waals surface area contributed by atoms with Gasteiger partial charge in [-0.15, -0.1) is 0 Å². The lowest BCUT2D eigenvalue weighted by molar-refractivity contribution is -0.271. The molecule has 0 unspecified atom stereocenters. The summed E-state index contributed by atoms with van der Waals surface area (Å²) in [5.74, 6) is 0.541. The van der Waals surface area contributed by atoms with E-state index in [9.17, 15) is 35.7 Å². The van der Waals surface area contributed by atoms with E-state index in [4.69, 9.17) is 51.6 Å². The maximum Gasteiger partial charge on any atom is 0.124 e. The third kappa shape index (κ3) is 9.81. The molecular formula is C47H54Cl2O13. The molecule has 15 heteroatoms. The highest BCUT2D eigenvalue weighted by Gasteiger charge is 2.55. The molecule has 4 aromatic rings. The number of halogens is 2. The molecule has 3 aliphatic heterocycles. The fourth-order valence-electron chi connectivity index (χ4n) is 8.94. The van der Waals surface area contributed by atoms with E-state index in [1.54, 1.807) is 36.4 Å². The first-order valence-electron chi connectivity index (χ1n) is 21.1. The Hall–Kier alpha value is -3.38. The Morgan fingerprint density at radius 1 is 0.629 bits per heavy atom. The van der Waals surface area contributed by atoms with Crippen LogP contribution in [0.5, 0.6) is 11.5 Å². The summed E-state index contributed by atoms with van der Waals surface area (Å²) in [5, 5.41) is 78.9. The van der Waals surface area contributed by atoms with Crippen LogP contribution in [0.25, 0.3) is 0 Å². The Morgan fingerprint density at radius 2 is 1.19 bits per heavy atom. The maximum atomic E-state index is 11.8. The molecule has 4 aromatic carbocycles. The first kappa shape index (κ1) is 45.2. The molecule has 4 fully saturated rings. The summed E-state index contributed by atoms with van der Waals surface area (Å²) < 4.78 is 35.8. The Bertz CT molecular complexity index is 2090. The average Bonchev–Trinajstić information content (AvgIpc) is 4.01. The molecule has 12 atom stereocenters. The first-order chi connectivity index (χ1) is 29.9. The molecule has 334 valence electrons. The van der Waals surface area contributed by atoms with Gasteiger partial charge in [0.25, 0.3) is 0 Å². The predicted octanol–water partition coefficient (Wildman–Crippen LogP) is 4.04. The highest BCUT2D eigenvalue weighted by atomic mass is 35.5. The van der Waals surface area contributed by atoms with Gasteiger partial charge in [-0.3, -0.25) is 0 Å². The number of ether oxygens (including phenoxy) is 6. The van der Waals surface area contributed by atoms with E-state index in [0.29, 0.717) is 66.0 Å². The van der Waals surface area contributed by atoms with Gasteiger partial charge < -0.3 is 64.2 Å². The van der Waals surface area contributed by atoms with Crippen molar-refractivity contribution in [1.82, 2.24) is 0 Å². The van der Waals surface area contributed by atoms with Crippen molar-refractivity contribution in [1.29, 1.82) is 0 Å². The van der Waals surface area contributed by atoms with Crippen molar-refractivity contribution in [3.8, 4) is 11.5 Å². The van der Waals surface area contributed by atoms with E-state index < -0.39 is 73.6 Å². The first-order valence-corrected chi connectivity index (χ1v) is 21.9. The highest BCUT2D eigenvalue weighted by molar-refractivity contribution is 6.31. The lowest BCUT2D eigenvalue weighted by Crippen LogP contribution is -2.62. The lowest BCUT2D eigenvalue weighted by atomic mass is 9.69. The summed E-state index contributed by atoms with van der Waals surface area (Å²) in [4.78, 5) is 0. The number of hydrogen-bond donors (Lipinski definition) is 7. The molecule has 1 aliphatic carbocycles. The Morgan fingerprint density at radius 3 is 1.74 bits per heavy atom. The quantitative estimate of drug-likeness (QED) is 0.0960. The molecule has 0 bridgehead atoms. The van der Waals surface area contributed by atoms with Crippen molar-refractivity contribution >= 4 is 23.2 Å². The zero-order valence-electron chi connectivity index (χ0n) is 34.0. The van der Waals surface area contributed by atoms with Crippen LogP contribution in [0, 0.1) is 5.92 Å². The standard InChI is InChI=1S/C47H54Cl2O13/c48-37-11-5-28(19-29(37)17-26-1-7-33(8-2-26)60-35-13-15-57-23-35)45-43(54)42(53)41(52)39(62-45)25-59-47(21-31(22-50)40(51)44(55)46(47)56)32-6-12-38(49)30(20-32)18-27-3-9-34(10-4-27)61-36-14-16-58-24-36/h1-12,19-20,31,35-36,39-46,50-56H,13-18,21-25H2/t31-,35+,36+,39-,40-,41-,42+,43-,44+,45+,46-,47+/m1/s1. The van der Waals surface area contributed by atoms with Gasteiger partial charge in [-0.25, -0.2) is 0 Å². The van der Waals surface area contributed by atoms with Crippen LogP contribution < -0.4 is 9.47 Å². The molecule has 1 saturated carbocycles. The molecule has 7 N–H and O–H groups in total. The minimum atomic E-state index is -1.76. The number of aliphatic hydroxyl groups excluding tert-OH is 7. The highest BCUT2D eigenvalue weighted by Crippen LogP contribution is 2.46. The van der Waals surface area contributed by atoms with Crippen LogP contribution in [0.2, 0.25) is 10.0 Å². The minimum absolute atomic E-state index is 0.00411. The van der Waals surface area contributed by atoms with E-state index >= 15 is 0 Å². The van der Waals surface area contributed by atoms with Gasteiger partial charge in [-0.2, -0.15) is 0 Å². The minimum Gasteiger partial charge on any atom is -0.488 e. The molecular weight excluding hydrogens is 843 g/mol. The monoisotopic (exact) mass is 896 g/mol. The molecule has 0 radical (unpaired) electrons. The third-order valence-corrected chi connectivity index (χ3v) is 13.3. The van der Waals surface area contributed by atoms with Crippen LogP contribution in [-0.4, -0.2) is 130 Å². The molecule has 4 aliphatic rings. The number of benzene rings is 4. The lowest BCUT2D eigenvalue weighted by Gasteiger charge is -2.50. The SMILES string of the molecule is OC[C@H]1C[C@](OC[C@H]2O[C@@H](c3ccc(Cl)c(Cc4ccc(O[C@H]5CCOC5)cc4)c3)[C@H](O)[C@@H](O)[C@@H]2O)(c2ccc(Cl)c(Cc3ccc(O[C@H]4CCOC4)cc3)c2)[C@H](O)[C@@H](O)[C@@H]1O. The predicted molar refractivity (Wildman–Crippen MR) is 228 cm³/mol. The van der Waals surface area contributed by atoms with Gasteiger partial charge in [0.05, 0.1) is 39.1 Å². The van der Waals surface area contributed by atoms with Crippen molar-refractivity contribution in [2.75, 3.05) is 39.6 Å². The number of aliphatic hydroxyl groups is 7. The Labute approximate surface area is 370 Å². The fraction of sp³-hybridized carbons (Fsp3) is 0.489. The topological polar surface area (TPSA) is 197 Å². The summed E-state index contributed by atoms with van der Waals surface area (Å²) in [6.45, 7) is 1.49. The van der Waals surface area contributed by atoms with Crippen LogP contribution in [0.3, 0.4) is 0 Å². The summed E-state index contributed by atoms with van der Waals surface area (Å²) in [7, 11) is 0. The third-order valence-electron chi connectivity index (χ3n) is 12.6. The van der Waals surface area contributed by atoms with E-state index in [0.717, 1.165) is 41.0 Å². The smallest absolute Gasteiger partial charge is 0.124 e. The molecule has 62 heavy (non-hydrogen) atoms. The summed E-state index contributed by atoms with van der Waals surface area (Å²) in [5.41, 5.74) is 2.42. The van der Waals surface area contributed by atoms with E-state index in [1.807, 2.05) is 48.5 Å². The van der Waals surface area contributed by atoms with Crippen molar-refractivity contribution < 1.29 is 64.2 Å². The van der Waals surface area contributed by atoms with Gasteiger partial charge in [0.15, 0.2) is 0 Å². The maximum absolute atomic E-state index is 11.8. The molecule has 8 rings (SSSR count). The summed E-state index contributed by atoms with van der Waals surface area (Å²) in [6, 6.07) is 25.5. The van der Waals surface area contributed by atoms with Crippen molar-refractivity contribution in [3.63, 3.8) is 0 Å². The second-order valence-electron chi connectivity index (χ2n) is 16.8. The largest absolute Gasteiger partial charge is 0.488 e. The van der Waals surface area contributed by atoms with Gasteiger partial charge >= 0.3 is 0 Å². The molecule has 0 aromatic heterocycles. The van der Waals surface area contributed by atoms with Crippen molar-refractivity contribution in [2.45, 2.75) is 98.7 Å². The van der Waals surface area contributed by atoms with Gasteiger partial charge in [0, 0.05) is 35.4 Å². The van der Waals surface area contributed by atoms with E-state index in [-0.39, 0.29) is 18.6 Å². The zero-order chi connectivity index (χ0) is 43.5. The van der Waals surface area contributed by atoms with Gasteiger partial charge in [-0.1, -0.05) is 71.7 Å². The summed E-state index contributed by atoms with van der Waals surface area (Å²) >= 11 is 13.4. The number of hydrogen-bond acceptors (Lipinski definition) is 13.